The monoisotopic (exact) mass is 479 g/mol. The normalized spacial score (nSPS) is 14.7. The maximum atomic E-state index is 12.4. The Kier molecular flexibility index (Phi) is 6.57. The fraction of sp³-hybridized carbons (Fsp3) is 0.300. The van der Waals surface area contributed by atoms with Gasteiger partial charge in [-0.15, -0.1) is 0 Å². The molecule has 1 aliphatic heterocycles. The number of nitro groups is 1. The molecular formula is C20H19Cl2N5O3S. The van der Waals surface area contributed by atoms with E-state index in [1.54, 1.807) is 11.3 Å². The van der Waals surface area contributed by atoms with Gasteiger partial charge in [-0.25, -0.2) is 4.98 Å². The number of piperazine rings is 1. The molecular weight excluding hydrogens is 461 g/mol. The van der Waals surface area contributed by atoms with Gasteiger partial charge in [-0.05, 0) is 24.3 Å². The summed E-state index contributed by atoms with van der Waals surface area (Å²) in [6.45, 7) is 4.50. The summed E-state index contributed by atoms with van der Waals surface area (Å²) in [4.78, 5) is 32.0. The molecule has 11 heteroatoms. The van der Waals surface area contributed by atoms with Crippen molar-refractivity contribution >= 4 is 61.5 Å². The van der Waals surface area contributed by atoms with Crippen molar-refractivity contribution in [2.45, 2.75) is 0 Å². The molecule has 1 amide bonds. The predicted molar refractivity (Wildman–Crippen MR) is 124 cm³/mol. The van der Waals surface area contributed by atoms with E-state index in [1.807, 2.05) is 18.2 Å². The first-order valence-electron chi connectivity index (χ1n) is 9.66. The number of nitrogens with zero attached hydrogens (tertiary/aromatic N) is 4. The first-order chi connectivity index (χ1) is 14.9. The van der Waals surface area contributed by atoms with E-state index in [1.165, 1.54) is 18.2 Å². The maximum Gasteiger partial charge on any atom is 0.270 e. The molecule has 0 saturated carbocycles. The van der Waals surface area contributed by atoms with E-state index < -0.39 is 10.8 Å². The Morgan fingerprint density at radius 2 is 1.94 bits per heavy atom. The van der Waals surface area contributed by atoms with Gasteiger partial charge in [-0.1, -0.05) is 34.5 Å². The molecule has 2 aromatic carbocycles. The third kappa shape index (κ3) is 5.07. The average Bonchev–Trinajstić information content (AvgIpc) is 3.17. The van der Waals surface area contributed by atoms with Gasteiger partial charge in [0.2, 0.25) is 0 Å². The van der Waals surface area contributed by atoms with Crippen molar-refractivity contribution in [3.63, 3.8) is 0 Å². The van der Waals surface area contributed by atoms with Crippen LogP contribution in [0.5, 0.6) is 0 Å². The number of rotatable bonds is 6. The highest BCUT2D eigenvalue weighted by molar-refractivity contribution is 7.22. The van der Waals surface area contributed by atoms with Gasteiger partial charge < -0.3 is 10.2 Å². The third-order valence-corrected chi connectivity index (χ3v) is 6.74. The molecule has 1 N–H and O–H groups in total. The van der Waals surface area contributed by atoms with Crippen LogP contribution in [0.3, 0.4) is 0 Å². The zero-order valence-corrected chi connectivity index (χ0v) is 18.7. The quantitative estimate of drug-likeness (QED) is 0.423. The highest BCUT2D eigenvalue weighted by Gasteiger charge is 2.20. The SMILES string of the molecule is O=C(NCCN1CCN(c2nc3ccc(Cl)cc3s2)CC1)c1cc([N+](=O)[O-])ccc1Cl. The second-order valence-electron chi connectivity index (χ2n) is 7.11. The van der Waals surface area contributed by atoms with Crippen LogP contribution in [0, 0.1) is 10.1 Å². The number of nitro benzene ring substituents is 1. The molecule has 162 valence electrons. The number of non-ortho nitro benzene ring substituents is 1. The second kappa shape index (κ2) is 9.35. The van der Waals surface area contributed by atoms with E-state index in [0.29, 0.717) is 18.1 Å². The number of hydrogen-bond donors (Lipinski definition) is 1. The molecule has 0 spiro atoms. The lowest BCUT2D eigenvalue weighted by molar-refractivity contribution is -0.384. The van der Waals surface area contributed by atoms with Crippen LogP contribution in [0.25, 0.3) is 10.2 Å². The standard InChI is InChI=1S/C20H19Cl2N5O3S/c21-13-1-4-17-18(11-13)31-20(24-17)26-9-7-25(8-10-26)6-5-23-19(28)15-12-14(27(29)30)2-3-16(15)22/h1-4,11-12H,5-10H2,(H,23,28). The molecule has 1 aliphatic rings. The van der Waals surface area contributed by atoms with E-state index in [-0.39, 0.29) is 16.3 Å². The number of amides is 1. The lowest BCUT2D eigenvalue weighted by Gasteiger charge is -2.34. The van der Waals surface area contributed by atoms with Crippen LogP contribution in [0.15, 0.2) is 36.4 Å². The van der Waals surface area contributed by atoms with E-state index in [9.17, 15) is 14.9 Å². The molecule has 31 heavy (non-hydrogen) atoms. The van der Waals surface area contributed by atoms with Crippen LogP contribution in [0.2, 0.25) is 10.0 Å². The summed E-state index contributed by atoms with van der Waals surface area (Å²) in [5, 5.41) is 15.6. The topological polar surface area (TPSA) is 91.6 Å². The van der Waals surface area contributed by atoms with Crippen molar-refractivity contribution in [3.05, 3.63) is 62.1 Å². The van der Waals surface area contributed by atoms with Crippen LogP contribution in [-0.4, -0.2) is 60.0 Å². The Labute approximate surface area is 192 Å². The van der Waals surface area contributed by atoms with Crippen molar-refractivity contribution in [2.24, 2.45) is 0 Å². The van der Waals surface area contributed by atoms with Gasteiger partial charge in [0.15, 0.2) is 5.13 Å². The number of aromatic nitrogens is 1. The Morgan fingerprint density at radius 1 is 1.16 bits per heavy atom. The first kappa shape index (κ1) is 21.8. The molecule has 2 heterocycles. The second-order valence-corrected chi connectivity index (χ2v) is 8.97. The summed E-state index contributed by atoms with van der Waals surface area (Å²) in [5.74, 6) is -0.416. The maximum absolute atomic E-state index is 12.4. The fourth-order valence-electron chi connectivity index (χ4n) is 3.41. The van der Waals surface area contributed by atoms with Crippen LogP contribution in [-0.2, 0) is 0 Å². The van der Waals surface area contributed by atoms with E-state index in [0.717, 1.165) is 41.5 Å². The lowest BCUT2D eigenvalue weighted by Crippen LogP contribution is -2.48. The number of hydrogen-bond acceptors (Lipinski definition) is 7. The Morgan fingerprint density at radius 3 is 2.68 bits per heavy atom. The molecule has 0 aliphatic carbocycles. The summed E-state index contributed by atoms with van der Waals surface area (Å²) < 4.78 is 1.08. The van der Waals surface area contributed by atoms with Gasteiger partial charge in [0.05, 0.1) is 25.7 Å². The summed E-state index contributed by atoms with van der Waals surface area (Å²) in [7, 11) is 0. The smallest absolute Gasteiger partial charge is 0.270 e. The minimum absolute atomic E-state index is 0.108. The number of carbonyl (C=O) groups is 1. The van der Waals surface area contributed by atoms with Crippen LogP contribution < -0.4 is 10.2 Å². The van der Waals surface area contributed by atoms with Crippen LogP contribution in [0.1, 0.15) is 10.4 Å². The molecule has 0 atom stereocenters. The zero-order chi connectivity index (χ0) is 22.0. The summed E-state index contributed by atoms with van der Waals surface area (Å²) in [6, 6.07) is 9.55. The number of halogens is 2. The van der Waals surface area contributed by atoms with Gasteiger partial charge in [0, 0.05) is 56.4 Å². The van der Waals surface area contributed by atoms with E-state index >= 15 is 0 Å². The number of fused-ring (bicyclic) bond motifs is 1. The van der Waals surface area contributed by atoms with Crippen molar-refractivity contribution in [2.75, 3.05) is 44.2 Å². The van der Waals surface area contributed by atoms with Gasteiger partial charge in [-0.3, -0.25) is 19.8 Å². The van der Waals surface area contributed by atoms with Gasteiger partial charge in [0.25, 0.3) is 11.6 Å². The lowest BCUT2D eigenvalue weighted by atomic mass is 10.2. The minimum Gasteiger partial charge on any atom is -0.351 e. The Hall–Kier alpha value is -2.46. The van der Waals surface area contributed by atoms with Gasteiger partial charge in [-0.2, -0.15) is 0 Å². The predicted octanol–water partition coefficient (Wildman–Crippen LogP) is 4.06. The molecule has 0 unspecified atom stereocenters. The fourth-order valence-corrected chi connectivity index (χ4v) is 4.90. The number of thiazole rings is 1. The zero-order valence-electron chi connectivity index (χ0n) is 16.4. The highest BCUT2D eigenvalue weighted by Crippen LogP contribution is 2.31. The molecule has 1 saturated heterocycles. The van der Waals surface area contributed by atoms with E-state index in [2.05, 4.69) is 15.1 Å². The van der Waals surface area contributed by atoms with Crippen molar-refractivity contribution < 1.29 is 9.72 Å². The molecule has 3 aromatic rings. The average molecular weight is 480 g/mol. The molecule has 0 radical (unpaired) electrons. The third-order valence-electron chi connectivity index (χ3n) is 5.10. The van der Waals surface area contributed by atoms with Crippen molar-refractivity contribution in [1.29, 1.82) is 0 Å². The number of nitrogens with one attached hydrogen (secondary N) is 1. The number of carbonyl (C=O) groups excluding carboxylic acids is 1. The Bertz CT molecular complexity index is 1130. The molecule has 4 rings (SSSR count). The summed E-state index contributed by atoms with van der Waals surface area (Å²) in [6.07, 6.45) is 0. The minimum atomic E-state index is -0.549. The van der Waals surface area contributed by atoms with Crippen molar-refractivity contribution in [3.8, 4) is 0 Å². The van der Waals surface area contributed by atoms with Crippen LogP contribution in [0.4, 0.5) is 10.8 Å². The highest BCUT2D eigenvalue weighted by atomic mass is 35.5. The number of anilines is 1. The summed E-state index contributed by atoms with van der Waals surface area (Å²) >= 11 is 13.7. The van der Waals surface area contributed by atoms with Crippen molar-refractivity contribution in [1.82, 2.24) is 15.2 Å². The Balaban J connectivity index is 1.27. The molecule has 8 nitrogen and oxygen atoms in total. The molecule has 0 bridgehead atoms. The van der Waals surface area contributed by atoms with Gasteiger partial charge >= 0.3 is 0 Å². The number of benzene rings is 2. The first-order valence-corrected chi connectivity index (χ1v) is 11.2. The summed E-state index contributed by atoms with van der Waals surface area (Å²) in [5.41, 5.74) is 0.897. The molecule has 1 aromatic heterocycles. The van der Waals surface area contributed by atoms with Crippen LogP contribution >= 0.6 is 34.5 Å². The molecule has 1 fully saturated rings. The van der Waals surface area contributed by atoms with Gasteiger partial charge in [0.1, 0.15) is 0 Å². The van der Waals surface area contributed by atoms with E-state index in [4.69, 9.17) is 28.2 Å². The largest absolute Gasteiger partial charge is 0.351 e.